The largest absolute Gasteiger partial charge is 0.385 e. The SMILES string of the molecule is C[C@@H]1O[C@@H](O)[C@H](O[C@@H]2O[C@@H](C)[C@H](OCc3ccccc3)[C@@H](O[C@@H]3O[C@H](COCc4ccccc4)[C@@H](OCc4ccccc4)[C@H](OCc4ccccc4)[C@H]3OCc3ccccc3)[C@H]2O)[C@H](OCc2ccccc2)[C@H]1OCc1ccccc1. The van der Waals surface area contributed by atoms with E-state index in [1.54, 1.807) is 0 Å². The minimum atomic E-state index is -1.58. The molecule has 0 aliphatic carbocycles. The molecule has 0 amide bonds. The molecule has 3 aliphatic heterocycles. The number of aliphatic hydroxyl groups is 2. The van der Waals surface area contributed by atoms with E-state index in [1.165, 1.54) is 0 Å². The summed E-state index contributed by atoms with van der Waals surface area (Å²) in [7, 11) is 0. The molecule has 10 rings (SSSR count). The molecule has 426 valence electrons. The van der Waals surface area contributed by atoms with E-state index < -0.39 is 92.1 Å². The van der Waals surface area contributed by atoms with Crippen LogP contribution in [0.2, 0.25) is 0 Å². The van der Waals surface area contributed by atoms with Crippen LogP contribution in [0.3, 0.4) is 0 Å². The van der Waals surface area contributed by atoms with Gasteiger partial charge in [0.05, 0.1) is 65.1 Å². The molecule has 3 aliphatic rings. The highest BCUT2D eigenvalue weighted by Gasteiger charge is 2.55. The lowest BCUT2D eigenvalue weighted by Gasteiger charge is -2.50. The van der Waals surface area contributed by atoms with Crippen molar-refractivity contribution in [3.63, 3.8) is 0 Å². The average Bonchev–Trinajstić information content (AvgIpc) is 3.51. The molecule has 0 aromatic heterocycles. The van der Waals surface area contributed by atoms with Gasteiger partial charge in [0.1, 0.15) is 61.0 Å². The minimum absolute atomic E-state index is 0.0765. The third kappa shape index (κ3) is 16.2. The van der Waals surface area contributed by atoms with Gasteiger partial charge in [0, 0.05) is 0 Å². The molecular formula is C67H74O14. The first-order valence-corrected chi connectivity index (χ1v) is 28.0. The lowest BCUT2D eigenvalue weighted by atomic mass is 9.95. The summed E-state index contributed by atoms with van der Waals surface area (Å²) < 4.78 is 81.7. The molecule has 0 spiro atoms. The number of aliphatic hydroxyl groups excluding tert-OH is 2. The fourth-order valence-electron chi connectivity index (χ4n) is 10.5. The van der Waals surface area contributed by atoms with Gasteiger partial charge in [-0.25, -0.2) is 0 Å². The molecule has 0 bridgehead atoms. The minimum Gasteiger partial charge on any atom is -0.385 e. The molecule has 3 saturated heterocycles. The van der Waals surface area contributed by atoms with Crippen LogP contribution in [0.25, 0.3) is 0 Å². The Morgan fingerprint density at radius 3 is 1.02 bits per heavy atom. The van der Waals surface area contributed by atoms with Gasteiger partial charge in [-0.1, -0.05) is 212 Å². The van der Waals surface area contributed by atoms with Gasteiger partial charge in [-0.05, 0) is 52.8 Å². The molecule has 14 nitrogen and oxygen atoms in total. The number of hydrogen-bond acceptors (Lipinski definition) is 14. The third-order valence-corrected chi connectivity index (χ3v) is 14.8. The second-order valence-electron chi connectivity index (χ2n) is 20.7. The van der Waals surface area contributed by atoms with Crippen molar-refractivity contribution in [1.29, 1.82) is 0 Å². The zero-order chi connectivity index (χ0) is 55.6. The van der Waals surface area contributed by atoms with Crippen LogP contribution in [0.15, 0.2) is 212 Å². The van der Waals surface area contributed by atoms with Gasteiger partial charge in [0.25, 0.3) is 0 Å². The van der Waals surface area contributed by atoms with Gasteiger partial charge in [-0.3, -0.25) is 0 Å². The molecule has 7 aromatic rings. The molecule has 2 N–H and O–H groups in total. The Kier molecular flexibility index (Phi) is 21.4. The Balaban J connectivity index is 0.997. The molecule has 0 saturated carbocycles. The van der Waals surface area contributed by atoms with Crippen LogP contribution in [0.5, 0.6) is 0 Å². The van der Waals surface area contributed by atoms with E-state index in [0.29, 0.717) is 6.61 Å². The van der Waals surface area contributed by atoms with Crippen molar-refractivity contribution in [2.45, 2.75) is 152 Å². The molecule has 3 heterocycles. The van der Waals surface area contributed by atoms with E-state index in [1.807, 2.05) is 226 Å². The Morgan fingerprint density at radius 1 is 0.309 bits per heavy atom. The summed E-state index contributed by atoms with van der Waals surface area (Å²) in [5, 5.41) is 24.9. The Hall–Kier alpha value is -6.02. The molecule has 81 heavy (non-hydrogen) atoms. The first kappa shape index (κ1) is 58.2. The number of ether oxygens (including phenoxy) is 12. The third-order valence-electron chi connectivity index (χ3n) is 14.8. The van der Waals surface area contributed by atoms with Crippen molar-refractivity contribution in [3.05, 3.63) is 251 Å². The second-order valence-corrected chi connectivity index (χ2v) is 20.7. The van der Waals surface area contributed by atoms with Crippen LogP contribution >= 0.6 is 0 Å². The summed E-state index contributed by atoms with van der Waals surface area (Å²) in [5.41, 5.74) is 6.53. The van der Waals surface area contributed by atoms with Gasteiger partial charge in [0.15, 0.2) is 18.9 Å². The van der Waals surface area contributed by atoms with Crippen molar-refractivity contribution < 1.29 is 67.1 Å². The summed E-state index contributed by atoms with van der Waals surface area (Å²) in [6.07, 6.45) is -15.5. The van der Waals surface area contributed by atoms with E-state index in [-0.39, 0.29) is 46.2 Å². The number of benzene rings is 7. The predicted octanol–water partition coefficient (Wildman–Crippen LogP) is 10.1. The zero-order valence-electron chi connectivity index (χ0n) is 45.8. The topological polar surface area (TPSA) is 151 Å². The van der Waals surface area contributed by atoms with Crippen molar-refractivity contribution in [2.75, 3.05) is 6.61 Å². The smallest absolute Gasteiger partial charge is 0.187 e. The lowest BCUT2D eigenvalue weighted by molar-refractivity contribution is -0.390. The molecule has 3 fully saturated rings. The summed E-state index contributed by atoms with van der Waals surface area (Å²) in [6.45, 7) is 5.21. The predicted molar refractivity (Wildman–Crippen MR) is 302 cm³/mol. The fourth-order valence-corrected chi connectivity index (χ4v) is 10.5. The molecule has 14 heteroatoms. The summed E-state index contributed by atoms with van der Waals surface area (Å²) in [5.74, 6) is 0. The van der Waals surface area contributed by atoms with Gasteiger partial charge >= 0.3 is 0 Å². The zero-order valence-corrected chi connectivity index (χ0v) is 45.8. The lowest BCUT2D eigenvalue weighted by Crippen LogP contribution is -2.67. The molecular weight excluding hydrogens is 1030 g/mol. The van der Waals surface area contributed by atoms with E-state index in [9.17, 15) is 10.2 Å². The summed E-state index contributed by atoms with van der Waals surface area (Å²) in [4.78, 5) is 0. The maximum atomic E-state index is 13.0. The fraction of sp³-hybridized carbons (Fsp3) is 0.373. The van der Waals surface area contributed by atoms with Crippen LogP contribution in [0, 0.1) is 0 Å². The molecule has 0 radical (unpaired) electrons. The van der Waals surface area contributed by atoms with Gasteiger partial charge in [-0.15, -0.1) is 0 Å². The highest BCUT2D eigenvalue weighted by Crippen LogP contribution is 2.38. The average molecular weight is 1100 g/mol. The highest BCUT2D eigenvalue weighted by molar-refractivity contribution is 5.19. The van der Waals surface area contributed by atoms with Crippen LogP contribution < -0.4 is 0 Å². The Morgan fingerprint density at radius 2 is 0.617 bits per heavy atom. The van der Waals surface area contributed by atoms with E-state index in [0.717, 1.165) is 38.9 Å². The van der Waals surface area contributed by atoms with Crippen molar-refractivity contribution >= 4 is 0 Å². The maximum absolute atomic E-state index is 13.0. The van der Waals surface area contributed by atoms with Gasteiger partial charge in [-0.2, -0.15) is 0 Å². The monoisotopic (exact) mass is 1100 g/mol. The Labute approximate surface area is 475 Å². The second kappa shape index (κ2) is 29.8. The maximum Gasteiger partial charge on any atom is 0.187 e. The van der Waals surface area contributed by atoms with Crippen molar-refractivity contribution in [2.24, 2.45) is 0 Å². The van der Waals surface area contributed by atoms with E-state index >= 15 is 0 Å². The van der Waals surface area contributed by atoms with E-state index in [4.69, 9.17) is 56.8 Å². The summed E-state index contributed by atoms with van der Waals surface area (Å²) >= 11 is 0. The van der Waals surface area contributed by atoms with Crippen LogP contribution in [0.1, 0.15) is 52.8 Å². The van der Waals surface area contributed by atoms with Crippen LogP contribution in [-0.4, -0.2) is 109 Å². The van der Waals surface area contributed by atoms with Crippen molar-refractivity contribution in [3.8, 4) is 0 Å². The Bertz CT molecular complexity index is 2840. The quantitative estimate of drug-likeness (QED) is 0.0529. The van der Waals surface area contributed by atoms with Gasteiger partial charge < -0.3 is 67.1 Å². The number of hydrogen-bond donors (Lipinski definition) is 2. The summed E-state index contributed by atoms with van der Waals surface area (Å²) in [6, 6.07) is 68.9. The van der Waals surface area contributed by atoms with Gasteiger partial charge in [0.2, 0.25) is 0 Å². The normalized spacial score (nSPS) is 28.6. The molecule has 7 aromatic carbocycles. The van der Waals surface area contributed by atoms with Crippen LogP contribution in [-0.2, 0) is 103 Å². The first-order valence-electron chi connectivity index (χ1n) is 28.0. The molecule has 0 unspecified atom stereocenters. The van der Waals surface area contributed by atoms with Crippen molar-refractivity contribution in [1.82, 2.24) is 0 Å². The highest BCUT2D eigenvalue weighted by atomic mass is 16.8. The standard InChI is InChI=1S/C67H74O14/c1-46-58(72-40-50-28-14-5-15-29-50)61(74-42-52-32-18-7-19-33-52)63(65(69)77-46)81-66-56(68)60(57(47(2)78-66)71-39-49-26-12-4-13-27-49)80-67-64(76-44-54-36-22-9-23-37-54)62(75-43-53-34-20-8-21-35-53)59(73-41-51-30-16-6-17-31-51)55(79-67)45-70-38-48-24-10-3-11-25-48/h3-37,46-47,55-69H,38-45H2,1-2H3/t46-,47-,55+,56+,57-,58-,59+,60-,61+,62-,63+,64+,65+,66-,67-/m0/s1. The van der Waals surface area contributed by atoms with Crippen LogP contribution in [0.4, 0.5) is 0 Å². The van der Waals surface area contributed by atoms with E-state index in [2.05, 4.69) is 0 Å². The first-order chi connectivity index (χ1) is 39.8. The number of rotatable bonds is 26. The molecule has 15 atom stereocenters.